The number of esters is 3. The maximum Gasteiger partial charge on any atom is 0.306 e. The summed E-state index contributed by atoms with van der Waals surface area (Å²) in [6, 6.07) is 0. The molecule has 69 heavy (non-hydrogen) atoms. The van der Waals surface area contributed by atoms with Crippen LogP contribution in [0.3, 0.4) is 0 Å². The first kappa shape index (κ1) is 65.3. The van der Waals surface area contributed by atoms with Crippen molar-refractivity contribution in [2.45, 2.75) is 271 Å². The third-order valence-corrected chi connectivity index (χ3v) is 12.1. The van der Waals surface area contributed by atoms with Gasteiger partial charge >= 0.3 is 17.9 Å². The maximum absolute atomic E-state index is 12.9. The highest BCUT2D eigenvalue weighted by atomic mass is 16.6. The van der Waals surface area contributed by atoms with E-state index in [1.807, 2.05) is 0 Å². The molecular weight excluding hydrogens is 853 g/mol. The van der Waals surface area contributed by atoms with Gasteiger partial charge in [0.2, 0.25) is 0 Å². The Labute approximate surface area is 426 Å². The van der Waals surface area contributed by atoms with Crippen molar-refractivity contribution in [1.29, 1.82) is 0 Å². The number of hydrogen-bond acceptors (Lipinski definition) is 6. The summed E-state index contributed by atoms with van der Waals surface area (Å²) in [6.45, 7) is 6.45. The van der Waals surface area contributed by atoms with E-state index in [9.17, 15) is 14.4 Å². The van der Waals surface area contributed by atoms with Crippen molar-refractivity contribution < 1.29 is 28.6 Å². The summed E-state index contributed by atoms with van der Waals surface area (Å²) < 4.78 is 16.8. The molecule has 0 amide bonds. The lowest BCUT2D eigenvalue weighted by atomic mass is 10.0. The van der Waals surface area contributed by atoms with Gasteiger partial charge in [0.1, 0.15) is 13.2 Å². The Morgan fingerprint density at radius 3 is 0.971 bits per heavy atom. The Bertz CT molecular complexity index is 1380. The van der Waals surface area contributed by atoms with Gasteiger partial charge in [0, 0.05) is 19.3 Å². The van der Waals surface area contributed by atoms with Gasteiger partial charge in [-0.25, -0.2) is 0 Å². The van der Waals surface area contributed by atoms with Crippen molar-refractivity contribution in [2.24, 2.45) is 0 Å². The molecule has 0 aromatic carbocycles. The molecular formula is C63H106O6. The zero-order valence-corrected chi connectivity index (χ0v) is 45.0. The first-order valence-electron chi connectivity index (χ1n) is 28.7. The fourth-order valence-corrected chi connectivity index (χ4v) is 7.78. The maximum atomic E-state index is 12.9. The van der Waals surface area contributed by atoms with Gasteiger partial charge in [-0.2, -0.15) is 0 Å². The molecule has 1 atom stereocenters. The Morgan fingerprint density at radius 2 is 0.580 bits per heavy atom. The zero-order valence-electron chi connectivity index (χ0n) is 45.0. The van der Waals surface area contributed by atoms with Crippen molar-refractivity contribution >= 4 is 17.9 Å². The predicted molar refractivity (Wildman–Crippen MR) is 297 cm³/mol. The number of rotatable bonds is 51. The molecule has 0 aliphatic rings. The molecule has 0 unspecified atom stereocenters. The van der Waals surface area contributed by atoms with Crippen LogP contribution in [0.1, 0.15) is 265 Å². The van der Waals surface area contributed by atoms with Crippen LogP contribution in [0.25, 0.3) is 0 Å². The van der Waals surface area contributed by atoms with Crippen LogP contribution in [-0.4, -0.2) is 37.2 Å². The highest BCUT2D eigenvalue weighted by Gasteiger charge is 2.19. The van der Waals surface area contributed by atoms with Gasteiger partial charge in [0.25, 0.3) is 0 Å². The summed E-state index contributed by atoms with van der Waals surface area (Å²) in [7, 11) is 0. The second-order valence-electron chi connectivity index (χ2n) is 18.8. The lowest BCUT2D eigenvalue weighted by Crippen LogP contribution is -2.30. The molecule has 0 saturated carbocycles. The fraction of sp³-hybridized carbons (Fsp3) is 0.698. The molecule has 0 fully saturated rings. The van der Waals surface area contributed by atoms with E-state index in [1.54, 1.807) is 0 Å². The van der Waals surface area contributed by atoms with Gasteiger partial charge in [-0.3, -0.25) is 14.4 Å². The second-order valence-corrected chi connectivity index (χ2v) is 18.8. The quantitative estimate of drug-likeness (QED) is 0.0262. The molecule has 0 bridgehead atoms. The molecule has 0 aromatic rings. The largest absolute Gasteiger partial charge is 0.462 e. The molecule has 6 nitrogen and oxygen atoms in total. The molecule has 0 rings (SSSR count). The van der Waals surface area contributed by atoms with Crippen molar-refractivity contribution in [3.8, 4) is 0 Å². The minimum atomic E-state index is -0.812. The number of carbonyl (C=O) groups is 3. The first-order valence-corrected chi connectivity index (χ1v) is 28.7. The van der Waals surface area contributed by atoms with Crippen LogP contribution in [0, 0.1) is 0 Å². The van der Waals surface area contributed by atoms with Gasteiger partial charge < -0.3 is 14.2 Å². The molecule has 0 N–H and O–H groups in total. The third-order valence-electron chi connectivity index (χ3n) is 12.1. The van der Waals surface area contributed by atoms with Crippen molar-refractivity contribution in [3.63, 3.8) is 0 Å². The molecule has 0 aliphatic heterocycles. The van der Waals surface area contributed by atoms with Crippen LogP contribution in [0.15, 0.2) is 97.2 Å². The molecule has 0 saturated heterocycles. The van der Waals surface area contributed by atoms with E-state index in [2.05, 4.69) is 118 Å². The van der Waals surface area contributed by atoms with E-state index in [1.165, 1.54) is 116 Å². The minimum Gasteiger partial charge on any atom is -0.462 e. The van der Waals surface area contributed by atoms with Crippen molar-refractivity contribution in [2.75, 3.05) is 13.2 Å². The highest BCUT2D eigenvalue weighted by Crippen LogP contribution is 2.15. The summed E-state index contributed by atoms with van der Waals surface area (Å²) in [5.41, 5.74) is 0. The Kier molecular flexibility index (Phi) is 53.9. The van der Waals surface area contributed by atoms with Gasteiger partial charge in [-0.05, 0) is 96.3 Å². The van der Waals surface area contributed by atoms with Gasteiger partial charge in [0.05, 0.1) is 0 Å². The van der Waals surface area contributed by atoms with Crippen LogP contribution in [0.5, 0.6) is 0 Å². The second kappa shape index (κ2) is 56.9. The van der Waals surface area contributed by atoms with E-state index in [-0.39, 0.29) is 37.5 Å². The summed E-state index contributed by atoms with van der Waals surface area (Å²) in [6.07, 6.45) is 75.4. The number of ether oxygens (including phenoxy) is 3. The van der Waals surface area contributed by atoms with Crippen LogP contribution in [-0.2, 0) is 28.6 Å². The van der Waals surface area contributed by atoms with E-state index in [0.717, 1.165) is 103 Å². The topological polar surface area (TPSA) is 78.9 Å². The molecule has 394 valence electrons. The Hall–Kier alpha value is -3.67. The predicted octanol–water partition coefficient (Wildman–Crippen LogP) is 19.3. The third kappa shape index (κ3) is 55.1. The van der Waals surface area contributed by atoms with Crippen LogP contribution in [0.2, 0.25) is 0 Å². The minimum absolute atomic E-state index is 0.103. The number of allylic oxidation sites excluding steroid dienone is 16. The summed E-state index contributed by atoms with van der Waals surface area (Å²) in [4.78, 5) is 38.1. The molecule has 0 aromatic heterocycles. The molecule has 6 heteroatoms. The highest BCUT2D eigenvalue weighted by molar-refractivity contribution is 5.71. The lowest BCUT2D eigenvalue weighted by Gasteiger charge is -2.18. The molecule has 0 aliphatic carbocycles. The van der Waals surface area contributed by atoms with E-state index < -0.39 is 6.10 Å². The number of hydrogen-bond donors (Lipinski definition) is 0. The summed E-state index contributed by atoms with van der Waals surface area (Å²) in [5.74, 6) is -0.981. The first-order chi connectivity index (χ1) is 34.0. The zero-order chi connectivity index (χ0) is 50.0. The number of unbranched alkanes of at least 4 members (excludes halogenated alkanes) is 24. The van der Waals surface area contributed by atoms with E-state index in [4.69, 9.17) is 14.2 Å². The van der Waals surface area contributed by atoms with Crippen LogP contribution < -0.4 is 0 Å². The van der Waals surface area contributed by atoms with E-state index >= 15 is 0 Å². The Balaban J connectivity index is 4.50. The van der Waals surface area contributed by atoms with E-state index in [0.29, 0.717) is 19.3 Å². The lowest BCUT2D eigenvalue weighted by molar-refractivity contribution is -0.167. The van der Waals surface area contributed by atoms with Crippen molar-refractivity contribution in [3.05, 3.63) is 97.2 Å². The average Bonchev–Trinajstić information content (AvgIpc) is 3.35. The monoisotopic (exact) mass is 959 g/mol. The smallest absolute Gasteiger partial charge is 0.306 e. The standard InChI is InChI=1S/C63H106O6/c1-4-7-10-13-16-19-22-25-28-31-34-37-40-43-46-49-52-55-61(64)67-58-60(69-63(66)57-54-51-48-45-42-39-36-33-30-27-24-21-18-15-12-9-6-3)59-68-62(65)56-53-50-47-44-41-38-35-32-29-26-23-20-17-14-11-8-5-2/h7,10,16,18-19,21,25,27-28,30,34,36-37,39,43,46,60H,4-6,8-9,11-15,17,20,22-24,26,29,31-33,35,38,40-42,44-45,47-59H2,1-3H3/b10-7-,19-16-,21-18-,28-25-,30-27-,37-34-,39-36-,46-43-/t60-/m1/s1. The van der Waals surface area contributed by atoms with Crippen LogP contribution in [0.4, 0.5) is 0 Å². The Morgan fingerprint density at radius 1 is 0.304 bits per heavy atom. The van der Waals surface area contributed by atoms with Crippen LogP contribution >= 0.6 is 0 Å². The number of carbonyl (C=O) groups excluding carboxylic acids is 3. The molecule has 0 heterocycles. The van der Waals surface area contributed by atoms with Crippen molar-refractivity contribution in [1.82, 2.24) is 0 Å². The molecule has 0 radical (unpaired) electrons. The van der Waals surface area contributed by atoms with Gasteiger partial charge in [-0.15, -0.1) is 0 Å². The van der Waals surface area contributed by atoms with Gasteiger partial charge in [-0.1, -0.05) is 246 Å². The summed E-state index contributed by atoms with van der Waals surface area (Å²) >= 11 is 0. The normalized spacial score (nSPS) is 12.8. The average molecular weight is 960 g/mol. The fourth-order valence-electron chi connectivity index (χ4n) is 7.78. The van der Waals surface area contributed by atoms with Gasteiger partial charge in [0.15, 0.2) is 6.10 Å². The SMILES string of the molecule is CC/C=C\C/C=C\C/C=C\C/C=C\C/C=C\CCCC(=O)OC[C@H](COC(=O)CCCCCCCCCCCCCCCCCCC)OC(=O)CCCCCC/C=C\C/C=C\C/C=C\CCCCC. The summed E-state index contributed by atoms with van der Waals surface area (Å²) in [5, 5.41) is 0. The molecule has 0 spiro atoms.